The fourth-order valence-electron chi connectivity index (χ4n) is 0.222. The summed E-state index contributed by atoms with van der Waals surface area (Å²) in [6, 6.07) is 0. The molecule has 72 valence electrons. The van der Waals surface area contributed by atoms with Crippen LogP contribution < -0.4 is 0 Å². The molecule has 0 heteroatoms. The summed E-state index contributed by atoms with van der Waals surface area (Å²) in [6.07, 6.45) is 11.0. The zero-order valence-corrected chi connectivity index (χ0v) is 9.30. The lowest BCUT2D eigenvalue weighted by atomic mass is 10.5. The highest BCUT2D eigenvalue weighted by molar-refractivity contribution is 4.98. The van der Waals surface area contributed by atoms with E-state index in [1.165, 1.54) is 0 Å². The largest absolute Gasteiger partial charge is 0.103 e. The average molecular weight is 168 g/mol. The van der Waals surface area contributed by atoms with E-state index in [0.717, 1.165) is 6.42 Å². The summed E-state index contributed by atoms with van der Waals surface area (Å²) in [4.78, 5) is 0. The Bertz CT molecular complexity index is 86.6. The van der Waals surface area contributed by atoms with Gasteiger partial charge in [0.1, 0.15) is 0 Å². The molecular formula is C12H24. The van der Waals surface area contributed by atoms with Crippen LogP contribution in [-0.2, 0) is 0 Å². The molecule has 0 nitrogen and oxygen atoms in total. The molecule has 0 atom stereocenters. The smallest absolute Gasteiger partial charge is 0.0382 e. The van der Waals surface area contributed by atoms with Crippen LogP contribution in [0.5, 0.6) is 0 Å². The van der Waals surface area contributed by atoms with Crippen molar-refractivity contribution in [1.82, 2.24) is 0 Å². The fraction of sp³-hybridized carbons (Fsp3) is 0.500. The molecule has 0 saturated carbocycles. The van der Waals surface area contributed by atoms with Crippen molar-refractivity contribution in [2.75, 3.05) is 0 Å². The van der Waals surface area contributed by atoms with Gasteiger partial charge in [-0.1, -0.05) is 51.2 Å². The Balaban J connectivity index is -0.000000118. The van der Waals surface area contributed by atoms with Crippen LogP contribution in [0, 0.1) is 0 Å². The van der Waals surface area contributed by atoms with E-state index in [2.05, 4.69) is 13.5 Å². The summed E-state index contributed by atoms with van der Waals surface area (Å²) < 4.78 is 0. The molecule has 0 aromatic heterocycles. The molecule has 0 N–H and O–H groups in total. The van der Waals surface area contributed by atoms with Crippen molar-refractivity contribution < 1.29 is 0 Å². The molecule has 0 aromatic rings. The fourth-order valence-corrected chi connectivity index (χ4v) is 0.222. The van der Waals surface area contributed by atoms with Crippen molar-refractivity contribution >= 4 is 0 Å². The van der Waals surface area contributed by atoms with Crippen LogP contribution in [-0.4, -0.2) is 0 Å². The summed E-state index contributed by atoms with van der Waals surface area (Å²) >= 11 is 0. The van der Waals surface area contributed by atoms with Gasteiger partial charge in [-0.25, -0.2) is 0 Å². The lowest BCUT2D eigenvalue weighted by molar-refractivity contribution is 1.23. The van der Waals surface area contributed by atoms with Crippen LogP contribution in [0.2, 0.25) is 0 Å². The molecule has 0 heterocycles. The van der Waals surface area contributed by atoms with Gasteiger partial charge in [0.25, 0.3) is 0 Å². The predicted octanol–water partition coefficient (Wildman–Crippen LogP) is 4.75. The number of hydrogen-bond acceptors (Lipinski definition) is 0. The summed E-state index contributed by atoms with van der Waals surface area (Å²) in [6.45, 7) is 13.5. The molecule has 0 unspecified atom stereocenters. The van der Waals surface area contributed by atoms with Gasteiger partial charge in [-0.05, 0) is 20.3 Å². The molecule has 0 aliphatic heterocycles. The highest BCUT2D eigenvalue weighted by Crippen LogP contribution is 1.71. The van der Waals surface area contributed by atoms with Crippen LogP contribution in [0.3, 0.4) is 0 Å². The molecule has 0 saturated heterocycles. The molecule has 0 aliphatic rings. The van der Waals surface area contributed by atoms with Gasteiger partial charge in [0.2, 0.25) is 0 Å². The van der Waals surface area contributed by atoms with Gasteiger partial charge in [-0.3, -0.25) is 0 Å². The van der Waals surface area contributed by atoms with Gasteiger partial charge in [0, 0.05) is 0 Å². The Kier molecular flexibility index (Phi) is 46.1. The van der Waals surface area contributed by atoms with Crippen LogP contribution in [0.1, 0.15) is 41.0 Å². The Labute approximate surface area is 78.7 Å². The molecule has 0 aliphatic carbocycles. The first-order chi connectivity index (χ1) is 5.83. The molecule has 0 rings (SSSR count). The minimum Gasteiger partial charge on any atom is -0.103 e. The van der Waals surface area contributed by atoms with Gasteiger partial charge in [-0.2, -0.15) is 0 Å². The highest BCUT2D eigenvalue weighted by atomic mass is 13.6. The second kappa shape index (κ2) is 31.9. The summed E-state index contributed by atoms with van der Waals surface area (Å²) in [5, 5.41) is 0. The molecule has 0 bridgehead atoms. The van der Waals surface area contributed by atoms with E-state index < -0.39 is 0 Å². The van der Waals surface area contributed by atoms with Crippen molar-refractivity contribution in [2.24, 2.45) is 0 Å². The third kappa shape index (κ3) is 60.1. The Hall–Kier alpha value is -0.780. The number of rotatable bonds is 2. The maximum Gasteiger partial charge on any atom is -0.0382 e. The van der Waals surface area contributed by atoms with Crippen LogP contribution in [0.15, 0.2) is 37.0 Å². The Morgan fingerprint density at radius 2 is 1.25 bits per heavy atom. The van der Waals surface area contributed by atoms with Crippen LogP contribution >= 0.6 is 0 Å². The van der Waals surface area contributed by atoms with Gasteiger partial charge in [0.05, 0.1) is 0 Å². The first-order valence-corrected chi connectivity index (χ1v) is 4.68. The zero-order chi connectivity index (χ0) is 10.2. The van der Waals surface area contributed by atoms with E-state index in [1.807, 2.05) is 58.1 Å². The first-order valence-electron chi connectivity index (χ1n) is 4.68. The normalized spacial score (nSPS) is 8.42. The maximum atomic E-state index is 3.48. The van der Waals surface area contributed by atoms with E-state index in [0.29, 0.717) is 0 Å². The first kappa shape index (κ1) is 17.3. The molecule has 0 aromatic carbocycles. The third-order valence-corrected chi connectivity index (χ3v) is 0.785. The average Bonchev–Trinajstić information content (AvgIpc) is 2.18. The predicted molar refractivity (Wildman–Crippen MR) is 61.5 cm³/mol. The quantitative estimate of drug-likeness (QED) is 0.412. The lowest BCUT2D eigenvalue weighted by Crippen LogP contribution is -1.40. The Morgan fingerprint density at radius 3 is 1.33 bits per heavy atom. The minimum absolute atomic E-state index is 1.08. The van der Waals surface area contributed by atoms with Gasteiger partial charge < -0.3 is 0 Å². The molecule has 0 spiro atoms. The minimum atomic E-state index is 1.08. The lowest BCUT2D eigenvalue weighted by Gasteiger charge is -1.62. The van der Waals surface area contributed by atoms with Gasteiger partial charge >= 0.3 is 0 Å². The second-order valence-electron chi connectivity index (χ2n) is 1.75. The van der Waals surface area contributed by atoms with Crippen molar-refractivity contribution in [1.29, 1.82) is 0 Å². The van der Waals surface area contributed by atoms with Gasteiger partial charge in [0.15, 0.2) is 0 Å². The van der Waals surface area contributed by atoms with Crippen molar-refractivity contribution in [3.05, 3.63) is 37.0 Å². The summed E-state index contributed by atoms with van der Waals surface area (Å²) in [7, 11) is 0. The maximum absolute atomic E-state index is 3.48. The molecule has 12 heavy (non-hydrogen) atoms. The second-order valence-corrected chi connectivity index (χ2v) is 1.75. The number of hydrogen-bond donors (Lipinski definition) is 0. The third-order valence-electron chi connectivity index (χ3n) is 0.785. The molecular weight excluding hydrogens is 144 g/mol. The van der Waals surface area contributed by atoms with Crippen molar-refractivity contribution in [2.45, 2.75) is 41.0 Å². The zero-order valence-electron chi connectivity index (χ0n) is 9.30. The number of allylic oxidation sites excluding steroid dienone is 5. The van der Waals surface area contributed by atoms with E-state index in [1.54, 1.807) is 0 Å². The molecule has 0 fully saturated rings. The van der Waals surface area contributed by atoms with E-state index in [4.69, 9.17) is 0 Å². The van der Waals surface area contributed by atoms with E-state index in [9.17, 15) is 0 Å². The van der Waals surface area contributed by atoms with Gasteiger partial charge in [-0.15, -0.1) is 6.58 Å². The van der Waals surface area contributed by atoms with Crippen LogP contribution in [0.4, 0.5) is 0 Å². The van der Waals surface area contributed by atoms with Crippen molar-refractivity contribution in [3.8, 4) is 0 Å². The molecule has 0 amide bonds. The standard InChI is InChI=1S/C6H10.C4H8.C2H6/c1-3-5-6-4-2;1-3-4-2;1-2/h3-6H,1-2H3;3H,1,4H2,2H3;1-2H3/b5-3-,6-4-;;. The van der Waals surface area contributed by atoms with Crippen molar-refractivity contribution in [3.63, 3.8) is 0 Å². The summed E-state index contributed by atoms with van der Waals surface area (Å²) in [5.41, 5.74) is 0. The molecule has 0 radical (unpaired) electrons. The Morgan fingerprint density at radius 1 is 1.00 bits per heavy atom. The monoisotopic (exact) mass is 168 g/mol. The topological polar surface area (TPSA) is 0 Å². The summed E-state index contributed by atoms with van der Waals surface area (Å²) in [5.74, 6) is 0. The SMILES string of the molecule is C/C=C\C=C/C.C=CCC.CC. The van der Waals surface area contributed by atoms with E-state index >= 15 is 0 Å². The highest BCUT2D eigenvalue weighted by Gasteiger charge is 1.48. The van der Waals surface area contributed by atoms with E-state index in [-0.39, 0.29) is 0 Å². The van der Waals surface area contributed by atoms with Crippen LogP contribution in [0.25, 0.3) is 0 Å².